The number of amides is 3. The van der Waals surface area contributed by atoms with Crippen LogP contribution in [-0.2, 0) is 17.6 Å². The lowest BCUT2D eigenvalue weighted by Crippen LogP contribution is -2.47. The van der Waals surface area contributed by atoms with Crippen LogP contribution < -0.4 is 5.32 Å². The van der Waals surface area contributed by atoms with Gasteiger partial charge in [-0.1, -0.05) is 91.3 Å². The molecule has 3 rings (SSSR count). The van der Waals surface area contributed by atoms with Crippen molar-refractivity contribution in [1.29, 1.82) is 0 Å². The van der Waals surface area contributed by atoms with Crippen molar-refractivity contribution in [1.82, 2.24) is 10.4 Å². The average molecular weight is 461 g/mol. The van der Waals surface area contributed by atoms with Crippen LogP contribution in [0.25, 0.3) is 11.1 Å². The van der Waals surface area contributed by atoms with Gasteiger partial charge in [0, 0.05) is 6.42 Å². The summed E-state index contributed by atoms with van der Waals surface area (Å²) in [5, 5.41) is 22.1. The maximum absolute atomic E-state index is 12.2. The number of benzene rings is 3. The Bertz CT molecular complexity index is 1020. The van der Waals surface area contributed by atoms with Gasteiger partial charge in [-0.05, 0) is 47.9 Å². The van der Waals surface area contributed by atoms with Gasteiger partial charge in [0.2, 0.25) is 0 Å². The number of aliphatic hydroxyl groups excluding tert-OH is 1. The van der Waals surface area contributed by atoms with Crippen molar-refractivity contribution >= 4 is 11.9 Å². The van der Waals surface area contributed by atoms with E-state index in [-0.39, 0.29) is 18.1 Å². The van der Waals surface area contributed by atoms with Crippen LogP contribution in [0.2, 0.25) is 0 Å². The van der Waals surface area contributed by atoms with Crippen molar-refractivity contribution in [2.75, 3.05) is 6.61 Å². The number of nitrogens with one attached hydrogen (secondary N) is 1. The molecule has 0 saturated heterocycles. The minimum absolute atomic E-state index is 0.0827. The largest absolute Gasteiger partial charge is 0.394 e. The Balaban J connectivity index is 1.35. The molecule has 1 atom stereocenters. The standard InChI is InChI=1S/C28H32N2O4/c31-21-26(20-23-11-5-1-6-12-23)29-28(33)30(34)27(32)15-9-2-4-10-22-16-18-25(19-17-22)24-13-7-3-8-14-24/h1,3,5-8,11-14,16-19,26,31,34H,2,4,9-10,15,20-21H2,(H,29,33)/t26-/m1/s1. The quantitative estimate of drug-likeness (QED) is 0.214. The van der Waals surface area contributed by atoms with Gasteiger partial charge in [-0.3, -0.25) is 10.0 Å². The summed E-state index contributed by atoms with van der Waals surface area (Å²) >= 11 is 0. The first-order chi connectivity index (χ1) is 16.6. The fourth-order valence-corrected chi connectivity index (χ4v) is 3.79. The molecule has 0 spiro atoms. The molecule has 3 amide bonds. The first kappa shape index (κ1) is 25.1. The number of hydroxylamine groups is 2. The third kappa shape index (κ3) is 7.83. The van der Waals surface area contributed by atoms with Crippen LogP contribution in [-0.4, -0.2) is 40.0 Å². The first-order valence-corrected chi connectivity index (χ1v) is 11.7. The zero-order valence-corrected chi connectivity index (χ0v) is 19.3. The lowest BCUT2D eigenvalue weighted by molar-refractivity contribution is -0.153. The summed E-state index contributed by atoms with van der Waals surface area (Å²) in [4.78, 5) is 24.4. The molecule has 0 bridgehead atoms. The van der Waals surface area contributed by atoms with Gasteiger partial charge in [0.05, 0.1) is 12.6 Å². The minimum atomic E-state index is -0.918. The van der Waals surface area contributed by atoms with Crippen LogP contribution in [0.3, 0.4) is 0 Å². The average Bonchev–Trinajstić information content (AvgIpc) is 2.89. The molecular weight excluding hydrogens is 428 g/mol. The smallest absolute Gasteiger partial charge is 0.348 e. The summed E-state index contributed by atoms with van der Waals surface area (Å²) < 4.78 is 0. The van der Waals surface area contributed by atoms with Gasteiger partial charge in [-0.15, -0.1) is 5.06 Å². The van der Waals surface area contributed by atoms with E-state index in [0.717, 1.165) is 24.8 Å². The number of imide groups is 1. The number of unbranched alkanes of at least 4 members (excludes halogenated alkanes) is 2. The number of rotatable bonds is 11. The third-order valence-corrected chi connectivity index (χ3v) is 5.72. The Morgan fingerprint density at radius 2 is 1.38 bits per heavy atom. The van der Waals surface area contributed by atoms with E-state index in [1.807, 2.05) is 48.5 Å². The van der Waals surface area contributed by atoms with Crippen LogP contribution in [0.5, 0.6) is 0 Å². The number of carbonyl (C=O) groups is 2. The second-order valence-corrected chi connectivity index (χ2v) is 8.35. The molecule has 3 aromatic rings. The summed E-state index contributed by atoms with van der Waals surface area (Å²) in [6.07, 6.45) is 3.70. The predicted molar refractivity (Wildman–Crippen MR) is 132 cm³/mol. The maximum Gasteiger partial charge on any atom is 0.348 e. The normalized spacial score (nSPS) is 11.6. The highest BCUT2D eigenvalue weighted by molar-refractivity contribution is 5.92. The number of nitrogens with zero attached hydrogens (tertiary/aromatic N) is 1. The molecule has 0 fully saturated rings. The van der Waals surface area contributed by atoms with Crippen LogP contribution >= 0.6 is 0 Å². The van der Waals surface area contributed by atoms with Crippen molar-refractivity contribution in [3.63, 3.8) is 0 Å². The van der Waals surface area contributed by atoms with Gasteiger partial charge in [0.25, 0.3) is 5.91 Å². The molecule has 0 aliphatic rings. The molecule has 0 aliphatic heterocycles. The third-order valence-electron chi connectivity index (χ3n) is 5.72. The highest BCUT2D eigenvalue weighted by Crippen LogP contribution is 2.20. The van der Waals surface area contributed by atoms with Crippen molar-refractivity contribution in [3.8, 4) is 11.1 Å². The van der Waals surface area contributed by atoms with Gasteiger partial charge in [-0.2, -0.15) is 0 Å². The number of hydrogen-bond acceptors (Lipinski definition) is 4. The Morgan fingerprint density at radius 1 is 0.765 bits per heavy atom. The van der Waals surface area contributed by atoms with E-state index < -0.39 is 18.0 Å². The molecule has 6 heteroatoms. The second kappa shape index (κ2) is 13.3. The number of aryl methyl sites for hydroxylation is 1. The van der Waals surface area contributed by atoms with Gasteiger partial charge < -0.3 is 10.4 Å². The molecule has 6 nitrogen and oxygen atoms in total. The van der Waals surface area contributed by atoms with E-state index >= 15 is 0 Å². The van der Waals surface area contributed by atoms with Gasteiger partial charge in [0.1, 0.15) is 0 Å². The highest BCUT2D eigenvalue weighted by atomic mass is 16.5. The van der Waals surface area contributed by atoms with Crippen molar-refractivity contribution in [3.05, 3.63) is 96.1 Å². The fourth-order valence-electron chi connectivity index (χ4n) is 3.79. The summed E-state index contributed by atoms with van der Waals surface area (Å²) in [7, 11) is 0. The minimum Gasteiger partial charge on any atom is -0.394 e. The molecule has 3 aromatic carbocycles. The Morgan fingerprint density at radius 3 is 2.03 bits per heavy atom. The van der Waals surface area contributed by atoms with Crippen molar-refractivity contribution in [2.45, 2.75) is 44.6 Å². The summed E-state index contributed by atoms with van der Waals surface area (Å²) in [6, 6.07) is 26.6. The second-order valence-electron chi connectivity index (χ2n) is 8.35. The summed E-state index contributed by atoms with van der Waals surface area (Å²) in [5.74, 6) is -0.652. The number of aliphatic hydroxyl groups is 1. The molecule has 0 aromatic heterocycles. The van der Waals surface area contributed by atoms with Crippen molar-refractivity contribution < 1.29 is 19.9 Å². The number of hydrogen-bond donors (Lipinski definition) is 3. The fraction of sp³-hybridized carbons (Fsp3) is 0.286. The van der Waals surface area contributed by atoms with E-state index in [4.69, 9.17) is 0 Å². The van der Waals surface area contributed by atoms with Gasteiger partial charge in [0.15, 0.2) is 0 Å². The van der Waals surface area contributed by atoms with Gasteiger partial charge >= 0.3 is 6.03 Å². The summed E-state index contributed by atoms with van der Waals surface area (Å²) in [6.45, 7) is -0.297. The highest BCUT2D eigenvalue weighted by Gasteiger charge is 2.22. The molecule has 3 N–H and O–H groups in total. The van der Waals surface area contributed by atoms with Gasteiger partial charge in [-0.25, -0.2) is 4.79 Å². The van der Waals surface area contributed by atoms with Crippen LogP contribution in [0.4, 0.5) is 4.79 Å². The Kier molecular flexibility index (Phi) is 9.82. The number of carbonyl (C=O) groups excluding carboxylic acids is 2. The number of urea groups is 1. The van der Waals surface area contributed by atoms with Crippen molar-refractivity contribution in [2.24, 2.45) is 0 Å². The Hall–Kier alpha value is -3.48. The van der Waals surface area contributed by atoms with E-state index in [1.54, 1.807) is 0 Å². The molecular formula is C28H32N2O4. The SMILES string of the molecule is O=C(CCCCCc1ccc(-c2ccccc2)cc1)N(O)C(=O)N[C@@H](CO)Cc1ccccc1. The van der Waals surface area contributed by atoms with E-state index in [2.05, 4.69) is 41.7 Å². The first-order valence-electron chi connectivity index (χ1n) is 11.7. The molecule has 0 aliphatic carbocycles. The Labute approximate surface area is 200 Å². The lowest BCUT2D eigenvalue weighted by atomic mass is 10.0. The molecule has 0 saturated carbocycles. The van der Waals surface area contributed by atoms with E-state index in [0.29, 0.717) is 12.8 Å². The molecule has 0 unspecified atom stereocenters. The maximum atomic E-state index is 12.2. The van der Waals surface area contributed by atoms with E-state index in [9.17, 15) is 19.9 Å². The molecule has 34 heavy (non-hydrogen) atoms. The molecule has 178 valence electrons. The van der Waals surface area contributed by atoms with Crippen LogP contribution in [0.1, 0.15) is 36.8 Å². The van der Waals surface area contributed by atoms with E-state index in [1.165, 1.54) is 16.7 Å². The molecule has 0 radical (unpaired) electrons. The molecule has 0 heterocycles. The zero-order valence-electron chi connectivity index (χ0n) is 19.3. The predicted octanol–water partition coefficient (Wildman–Crippen LogP) is 4.99. The topological polar surface area (TPSA) is 89.9 Å². The monoisotopic (exact) mass is 460 g/mol. The summed E-state index contributed by atoms with van der Waals surface area (Å²) in [5.41, 5.74) is 4.55. The van der Waals surface area contributed by atoms with Crippen LogP contribution in [0, 0.1) is 0 Å². The zero-order chi connectivity index (χ0) is 24.2. The van der Waals surface area contributed by atoms with Crippen LogP contribution in [0.15, 0.2) is 84.9 Å². The lowest BCUT2D eigenvalue weighted by Gasteiger charge is -2.20.